The summed E-state index contributed by atoms with van der Waals surface area (Å²) >= 11 is 1.49. The number of hydrogen-bond acceptors (Lipinski definition) is 4. The number of nitrogens with one attached hydrogen (secondary N) is 1. The van der Waals surface area contributed by atoms with Crippen molar-refractivity contribution in [2.75, 3.05) is 0 Å². The van der Waals surface area contributed by atoms with E-state index in [1.807, 2.05) is 12.3 Å². The third-order valence-corrected chi connectivity index (χ3v) is 4.06. The first-order chi connectivity index (χ1) is 10.4. The van der Waals surface area contributed by atoms with Crippen molar-refractivity contribution in [3.8, 4) is 0 Å². The predicted octanol–water partition coefficient (Wildman–Crippen LogP) is 3.76. The fourth-order valence-electron chi connectivity index (χ4n) is 2.14. The molecule has 0 aliphatic heterocycles. The normalized spacial score (nSPS) is 14.8. The van der Waals surface area contributed by atoms with Crippen LogP contribution in [0.1, 0.15) is 36.3 Å². The lowest BCUT2D eigenvalue weighted by Crippen LogP contribution is -2.34. The van der Waals surface area contributed by atoms with Gasteiger partial charge in [0.15, 0.2) is 0 Å². The highest BCUT2D eigenvalue weighted by atomic mass is 32.1. The lowest BCUT2D eigenvalue weighted by Gasteiger charge is -2.23. The lowest BCUT2D eigenvalue weighted by atomic mass is 9.99. The number of thiazole rings is 1. The third-order valence-electron chi connectivity index (χ3n) is 3.43. The predicted molar refractivity (Wildman–Crippen MR) is 79.4 cm³/mol. The molecular formula is C15H17F3N2OS. The molecule has 0 amide bonds. The van der Waals surface area contributed by atoms with Crippen molar-refractivity contribution in [2.24, 2.45) is 0 Å². The zero-order valence-electron chi connectivity index (χ0n) is 12.0. The van der Waals surface area contributed by atoms with Gasteiger partial charge in [0, 0.05) is 18.0 Å². The topological polar surface area (TPSA) is 45.2 Å². The fourth-order valence-corrected chi connectivity index (χ4v) is 2.70. The van der Waals surface area contributed by atoms with Gasteiger partial charge >= 0.3 is 6.18 Å². The van der Waals surface area contributed by atoms with Crippen LogP contribution in [0.2, 0.25) is 0 Å². The first-order valence-corrected chi connectivity index (χ1v) is 7.81. The van der Waals surface area contributed by atoms with Crippen LogP contribution in [0, 0.1) is 0 Å². The molecule has 120 valence electrons. The molecule has 3 nitrogen and oxygen atoms in total. The van der Waals surface area contributed by atoms with E-state index in [2.05, 4.69) is 10.3 Å². The number of aromatic nitrogens is 1. The van der Waals surface area contributed by atoms with Gasteiger partial charge in [-0.05, 0) is 24.1 Å². The molecular weight excluding hydrogens is 313 g/mol. The van der Waals surface area contributed by atoms with Gasteiger partial charge in [0.05, 0.1) is 22.9 Å². The van der Waals surface area contributed by atoms with E-state index >= 15 is 0 Å². The average Bonchev–Trinajstić information content (AvgIpc) is 3.00. The maximum absolute atomic E-state index is 12.5. The highest BCUT2D eigenvalue weighted by Gasteiger charge is 2.30. The second kappa shape index (κ2) is 7.21. The van der Waals surface area contributed by atoms with Crippen LogP contribution >= 0.6 is 11.3 Å². The number of alkyl halides is 3. The van der Waals surface area contributed by atoms with Gasteiger partial charge in [-0.2, -0.15) is 13.2 Å². The summed E-state index contributed by atoms with van der Waals surface area (Å²) < 4.78 is 37.6. The van der Waals surface area contributed by atoms with E-state index in [9.17, 15) is 18.3 Å². The molecule has 0 saturated heterocycles. The number of benzene rings is 1. The summed E-state index contributed by atoms with van der Waals surface area (Å²) in [6.07, 6.45) is -4.59. The molecule has 0 fully saturated rings. The van der Waals surface area contributed by atoms with Crippen LogP contribution in [-0.4, -0.2) is 16.1 Å². The zero-order chi connectivity index (χ0) is 16.2. The molecule has 1 aromatic heterocycles. The van der Waals surface area contributed by atoms with Crippen LogP contribution in [0.15, 0.2) is 35.2 Å². The molecule has 2 unspecified atom stereocenters. The summed E-state index contributed by atoms with van der Waals surface area (Å²) in [6, 6.07) is 4.37. The van der Waals surface area contributed by atoms with Gasteiger partial charge in [-0.3, -0.25) is 0 Å². The van der Waals surface area contributed by atoms with Crippen LogP contribution in [0.4, 0.5) is 13.2 Å². The standard InChI is InChI=1S/C15H17F3N2OS/c1-2-13(19-7-12-8-22-9-20-12)14(21)10-3-5-11(6-4-10)15(16,17)18/h3-6,8-9,13-14,19,21H,2,7H2,1H3. The molecule has 2 aromatic rings. The maximum atomic E-state index is 12.5. The van der Waals surface area contributed by atoms with E-state index in [0.29, 0.717) is 18.5 Å². The van der Waals surface area contributed by atoms with Gasteiger partial charge in [0.1, 0.15) is 0 Å². The van der Waals surface area contributed by atoms with Crippen LogP contribution in [0.3, 0.4) is 0 Å². The van der Waals surface area contributed by atoms with Gasteiger partial charge in [0.2, 0.25) is 0 Å². The zero-order valence-corrected chi connectivity index (χ0v) is 12.8. The van der Waals surface area contributed by atoms with E-state index in [4.69, 9.17) is 0 Å². The van der Waals surface area contributed by atoms with Crippen molar-refractivity contribution in [2.45, 2.75) is 38.2 Å². The van der Waals surface area contributed by atoms with Gasteiger partial charge < -0.3 is 10.4 Å². The van der Waals surface area contributed by atoms with Crippen LogP contribution in [-0.2, 0) is 12.7 Å². The summed E-state index contributed by atoms with van der Waals surface area (Å²) in [5.41, 5.74) is 2.35. The van der Waals surface area contributed by atoms with Crippen molar-refractivity contribution in [1.82, 2.24) is 10.3 Å². The van der Waals surface area contributed by atoms with Gasteiger partial charge in [-0.15, -0.1) is 11.3 Å². The largest absolute Gasteiger partial charge is 0.416 e. The van der Waals surface area contributed by atoms with Crippen molar-refractivity contribution in [1.29, 1.82) is 0 Å². The van der Waals surface area contributed by atoms with Crippen LogP contribution in [0.5, 0.6) is 0 Å². The van der Waals surface area contributed by atoms with Crippen molar-refractivity contribution >= 4 is 11.3 Å². The SMILES string of the molecule is CCC(NCc1cscn1)C(O)c1ccc(C(F)(F)F)cc1. The fraction of sp³-hybridized carbons (Fsp3) is 0.400. The smallest absolute Gasteiger partial charge is 0.387 e. The first-order valence-electron chi connectivity index (χ1n) is 6.87. The Balaban J connectivity index is 2.02. The average molecular weight is 330 g/mol. The van der Waals surface area contributed by atoms with Crippen molar-refractivity contribution in [3.05, 3.63) is 52.0 Å². The molecule has 2 atom stereocenters. The number of aliphatic hydroxyl groups is 1. The highest BCUT2D eigenvalue weighted by Crippen LogP contribution is 2.30. The molecule has 22 heavy (non-hydrogen) atoms. The van der Waals surface area contributed by atoms with Crippen molar-refractivity contribution < 1.29 is 18.3 Å². The van der Waals surface area contributed by atoms with Crippen LogP contribution in [0.25, 0.3) is 0 Å². The minimum atomic E-state index is -4.36. The third kappa shape index (κ3) is 4.28. The van der Waals surface area contributed by atoms with E-state index in [-0.39, 0.29) is 6.04 Å². The Morgan fingerprint density at radius 1 is 1.27 bits per heavy atom. The molecule has 0 spiro atoms. The van der Waals surface area contributed by atoms with E-state index in [1.54, 1.807) is 5.51 Å². The minimum absolute atomic E-state index is 0.251. The summed E-state index contributed by atoms with van der Waals surface area (Å²) in [7, 11) is 0. The summed E-state index contributed by atoms with van der Waals surface area (Å²) in [5, 5.41) is 15.4. The maximum Gasteiger partial charge on any atom is 0.416 e. The molecule has 0 aliphatic carbocycles. The van der Waals surface area contributed by atoms with E-state index in [1.165, 1.54) is 23.5 Å². The first kappa shape index (κ1) is 16.9. The molecule has 0 saturated carbocycles. The lowest BCUT2D eigenvalue weighted by molar-refractivity contribution is -0.137. The minimum Gasteiger partial charge on any atom is -0.387 e. The number of halogens is 3. The molecule has 0 aliphatic rings. The van der Waals surface area contributed by atoms with Gasteiger partial charge in [-0.25, -0.2) is 4.98 Å². The number of rotatable bonds is 6. The Hall–Kier alpha value is -1.44. The van der Waals surface area contributed by atoms with Crippen LogP contribution < -0.4 is 5.32 Å². The Morgan fingerprint density at radius 3 is 2.45 bits per heavy atom. The second-order valence-corrected chi connectivity index (χ2v) is 5.66. The van der Waals surface area contributed by atoms with Gasteiger partial charge in [-0.1, -0.05) is 19.1 Å². The quantitative estimate of drug-likeness (QED) is 0.847. The molecule has 2 N–H and O–H groups in total. The number of nitrogens with zero attached hydrogens (tertiary/aromatic N) is 1. The molecule has 2 rings (SSSR count). The summed E-state index contributed by atoms with van der Waals surface area (Å²) in [5.74, 6) is 0. The molecule has 1 aromatic carbocycles. The summed E-state index contributed by atoms with van der Waals surface area (Å²) in [4.78, 5) is 4.14. The number of hydrogen-bond donors (Lipinski definition) is 2. The Morgan fingerprint density at radius 2 is 1.95 bits per heavy atom. The Bertz CT molecular complexity index is 569. The highest BCUT2D eigenvalue weighted by molar-refractivity contribution is 7.07. The molecule has 0 bridgehead atoms. The van der Waals surface area contributed by atoms with E-state index < -0.39 is 17.8 Å². The summed E-state index contributed by atoms with van der Waals surface area (Å²) in [6.45, 7) is 2.42. The monoisotopic (exact) mass is 330 g/mol. The second-order valence-electron chi connectivity index (χ2n) is 4.94. The van der Waals surface area contributed by atoms with E-state index in [0.717, 1.165) is 17.8 Å². The molecule has 0 radical (unpaired) electrons. The Labute approximate surface area is 130 Å². The van der Waals surface area contributed by atoms with Gasteiger partial charge in [0.25, 0.3) is 0 Å². The van der Waals surface area contributed by atoms with Crippen molar-refractivity contribution in [3.63, 3.8) is 0 Å². The number of aliphatic hydroxyl groups excluding tert-OH is 1. The molecule has 1 heterocycles. The molecule has 7 heteroatoms. The Kier molecular flexibility index (Phi) is 5.55.